The number of nitrogens with zero attached hydrogens (tertiary/aromatic N) is 4. The lowest BCUT2D eigenvalue weighted by Gasteiger charge is -2.42. The Kier molecular flexibility index (Phi) is 9.18. The van der Waals surface area contributed by atoms with E-state index < -0.39 is 10.9 Å². The monoisotopic (exact) mass is 530 g/mol. The van der Waals surface area contributed by atoms with Crippen molar-refractivity contribution >= 4 is 21.9 Å². The van der Waals surface area contributed by atoms with E-state index in [0.29, 0.717) is 12.6 Å². The summed E-state index contributed by atoms with van der Waals surface area (Å²) in [5.41, 5.74) is 6.70. The highest BCUT2D eigenvalue weighted by Gasteiger charge is 2.32. The second-order valence-electron chi connectivity index (χ2n) is 11.8. The second kappa shape index (κ2) is 12.6. The molecule has 1 aliphatic carbocycles. The first-order valence-corrected chi connectivity index (χ1v) is 15.7. The highest BCUT2D eigenvalue weighted by molar-refractivity contribution is 7.70. The van der Waals surface area contributed by atoms with Crippen molar-refractivity contribution in [1.29, 1.82) is 0 Å². The molecule has 206 valence electrons. The van der Waals surface area contributed by atoms with Crippen molar-refractivity contribution in [3.8, 4) is 0 Å². The summed E-state index contributed by atoms with van der Waals surface area (Å²) in [6.07, 6.45) is 13.0. The van der Waals surface area contributed by atoms with E-state index in [9.17, 15) is 8.42 Å². The normalized spacial score (nSPS) is 24.6. The Balaban J connectivity index is 1.35. The number of likely N-dealkylation sites (tertiary alicyclic amines) is 2. The maximum Gasteiger partial charge on any atom is 0.214 e. The quantitative estimate of drug-likeness (QED) is 0.247. The molecule has 2 saturated heterocycles. The zero-order chi connectivity index (χ0) is 25.8. The smallest absolute Gasteiger partial charge is 0.214 e. The van der Waals surface area contributed by atoms with E-state index in [2.05, 4.69) is 50.6 Å². The van der Waals surface area contributed by atoms with Gasteiger partial charge in [0.15, 0.2) is 0 Å². The van der Waals surface area contributed by atoms with Gasteiger partial charge in [0.05, 0.1) is 0 Å². The SMILES string of the molecule is CC(C)C1CCC(N2CCC(n3c(CCNN[SH](=O)=O)c(CN4CCCC4)c4cccnc43)CC2)CC1. The molecular formula is C28H46N6O2S. The van der Waals surface area contributed by atoms with Crippen molar-refractivity contribution in [2.24, 2.45) is 11.8 Å². The minimum Gasteiger partial charge on any atom is -0.326 e. The van der Waals surface area contributed by atoms with E-state index in [4.69, 9.17) is 4.98 Å². The van der Waals surface area contributed by atoms with Crippen LogP contribution in [-0.2, 0) is 23.9 Å². The Morgan fingerprint density at radius 2 is 1.73 bits per heavy atom. The molecule has 0 amide bonds. The van der Waals surface area contributed by atoms with E-state index in [1.807, 2.05) is 6.20 Å². The molecule has 0 radical (unpaired) electrons. The molecule has 0 bridgehead atoms. The van der Waals surface area contributed by atoms with Crippen molar-refractivity contribution in [3.05, 3.63) is 29.6 Å². The number of hydrogen-bond acceptors (Lipinski definition) is 6. The highest BCUT2D eigenvalue weighted by atomic mass is 32.2. The number of hydrazine groups is 1. The van der Waals surface area contributed by atoms with Crippen molar-refractivity contribution < 1.29 is 8.42 Å². The number of fused-ring (bicyclic) bond motifs is 1. The Bertz CT molecular complexity index is 1090. The standard InChI is InChI=1S/C28H46N6O2S/c1-21(2)22-7-9-23(10-8-22)33-18-12-24(13-19-33)34-27(11-15-30-31-37(35)36)26(20-32-16-3-4-17-32)25-6-5-14-29-28(25)34/h5-6,14,21-24,30,37H,3-4,7-13,15-20H2,1-2H3,(H,31,35,36). The third-order valence-corrected chi connectivity index (χ3v) is 9.62. The third-order valence-electron chi connectivity index (χ3n) is 9.28. The van der Waals surface area contributed by atoms with Gasteiger partial charge in [-0.1, -0.05) is 13.8 Å². The van der Waals surface area contributed by atoms with Crippen LogP contribution in [0.4, 0.5) is 0 Å². The summed E-state index contributed by atoms with van der Waals surface area (Å²) >= 11 is 0. The van der Waals surface area contributed by atoms with Crippen LogP contribution in [0, 0.1) is 11.8 Å². The molecule has 3 fully saturated rings. The molecule has 0 unspecified atom stereocenters. The molecule has 8 nitrogen and oxygen atoms in total. The Labute approximate surface area is 224 Å². The fourth-order valence-electron chi connectivity index (χ4n) is 7.20. The maximum atomic E-state index is 11.0. The topological polar surface area (TPSA) is 82.5 Å². The van der Waals surface area contributed by atoms with Crippen molar-refractivity contribution in [2.75, 3.05) is 32.7 Å². The van der Waals surface area contributed by atoms with Crippen LogP contribution in [0.3, 0.4) is 0 Å². The van der Waals surface area contributed by atoms with Gasteiger partial charge in [0.1, 0.15) is 5.65 Å². The van der Waals surface area contributed by atoms with Gasteiger partial charge in [-0.25, -0.2) is 18.8 Å². The van der Waals surface area contributed by atoms with Crippen LogP contribution in [0.1, 0.15) is 82.5 Å². The van der Waals surface area contributed by atoms with Crippen LogP contribution in [0.5, 0.6) is 0 Å². The van der Waals surface area contributed by atoms with Gasteiger partial charge >= 0.3 is 0 Å². The second-order valence-corrected chi connectivity index (χ2v) is 12.5. The van der Waals surface area contributed by atoms with Gasteiger partial charge in [0.2, 0.25) is 10.9 Å². The van der Waals surface area contributed by atoms with Gasteiger partial charge in [0, 0.05) is 62.0 Å². The first-order chi connectivity index (χ1) is 18.0. The van der Waals surface area contributed by atoms with Crippen molar-refractivity contribution in [3.63, 3.8) is 0 Å². The van der Waals surface area contributed by atoms with Gasteiger partial charge in [-0.15, -0.1) is 0 Å². The zero-order valence-electron chi connectivity index (χ0n) is 22.7. The molecule has 0 atom stereocenters. The van der Waals surface area contributed by atoms with E-state index in [1.165, 1.54) is 55.2 Å². The summed E-state index contributed by atoms with van der Waals surface area (Å²) in [6.45, 7) is 10.9. The van der Waals surface area contributed by atoms with E-state index in [1.54, 1.807) is 0 Å². The van der Waals surface area contributed by atoms with Gasteiger partial charge in [-0.05, 0) is 94.0 Å². The molecule has 37 heavy (non-hydrogen) atoms. The van der Waals surface area contributed by atoms with Crippen LogP contribution < -0.4 is 10.3 Å². The number of nitrogens with one attached hydrogen (secondary N) is 2. The van der Waals surface area contributed by atoms with Gasteiger partial charge in [-0.3, -0.25) is 4.90 Å². The first kappa shape index (κ1) is 27.1. The number of rotatable bonds is 10. The van der Waals surface area contributed by atoms with Crippen molar-refractivity contribution in [2.45, 2.75) is 90.3 Å². The van der Waals surface area contributed by atoms with Crippen LogP contribution in [0.25, 0.3) is 11.0 Å². The van der Waals surface area contributed by atoms with E-state index in [0.717, 1.165) is 75.5 Å². The summed E-state index contributed by atoms with van der Waals surface area (Å²) in [7, 11) is -2.65. The number of thiol groups is 1. The molecule has 2 aromatic heterocycles. The molecule has 4 heterocycles. The van der Waals surface area contributed by atoms with Crippen LogP contribution in [-0.4, -0.2) is 66.5 Å². The average molecular weight is 531 g/mol. The number of aromatic nitrogens is 2. The number of hydrogen-bond donors (Lipinski definition) is 3. The predicted octanol–water partition coefficient (Wildman–Crippen LogP) is 3.65. The molecule has 2 aliphatic heterocycles. The zero-order valence-corrected chi connectivity index (χ0v) is 23.6. The Morgan fingerprint density at radius 1 is 1.00 bits per heavy atom. The number of piperidine rings is 1. The molecular weight excluding hydrogens is 484 g/mol. The lowest BCUT2D eigenvalue weighted by molar-refractivity contribution is 0.0888. The van der Waals surface area contributed by atoms with Gasteiger partial charge < -0.3 is 9.47 Å². The van der Waals surface area contributed by atoms with Crippen molar-refractivity contribution in [1.82, 2.24) is 29.6 Å². The molecule has 0 spiro atoms. The summed E-state index contributed by atoms with van der Waals surface area (Å²) < 4.78 is 24.6. The molecule has 2 aromatic rings. The van der Waals surface area contributed by atoms with Gasteiger partial charge in [0.25, 0.3) is 0 Å². The van der Waals surface area contributed by atoms with E-state index >= 15 is 0 Å². The predicted molar refractivity (Wildman–Crippen MR) is 150 cm³/mol. The first-order valence-electron chi connectivity index (χ1n) is 14.6. The maximum absolute atomic E-state index is 11.0. The van der Waals surface area contributed by atoms with E-state index in [-0.39, 0.29) is 0 Å². The Hall–Kier alpha value is -1.52. The molecule has 5 rings (SSSR count). The lowest BCUT2D eigenvalue weighted by atomic mass is 9.79. The molecule has 2 N–H and O–H groups in total. The van der Waals surface area contributed by atoms with Crippen LogP contribution in [0.2, 0.25) is 0 Å². The minimum absolute atomic E-state index is 0.437. The largest absolute Gasteiger partial charge is 0.326 e. The highest BCUT2D eigenvalue weighted by Crippen LogP contribution is 2.37. The van der Waals surface area contributed by atoms with Crippen LogP contribution >= 0.6 is 0 Å². The minimum atomic E-state index is -2.65. The Morgan fingerprint density at radius 3 is 2.41 bits per heavy atom. The molecule has 3 aliphatic rings. The number of pyridine rings is 1. The molecule has 0 aromatic carbocycles. The fourth-order valence-corrected chi connectivity index (χ4v) is 7.44. The summed E-state index contributed by atoms with van der Waals surface area (Å²) in [4.78, 5) is 12.6. The fraction of sp³-hybridized carbons (Fsp3) is 0.750. The summed E-state index contributed by atoms with van der Waals surface area (Å²) in [6, 6.07) is 5.48. The lowest BCUT2D eigenvalue weighted by Crippen LogP contribution is -2.44. The summed E-state index contributed by atoms with van der Waals surface area (Å²) in [5.74, 6) is 1.72. The third kappa shape index (κ3) is 6.38. The molecule has 9 heteroatoms. The van der Waals surface area contributed by atoms with Gasteiger partial charge in [-0.2, -0.15) is 4.83 Å². The molecule has 1 saturated carbocycles. The van der Waals surface area contributed by atoms with Crippen LogP contribution in [0.15, 0.2) is 18.3 Å². The average Bonchev–Trinajstić information content (AvgIpc) is 3.53. The summed E-state index contributed by atoms with van der Waals surface area (Å²) in [5, 5.41) is 1.27.